The number of hydrogen-bond donors (Lipinski definition) is 1. The number of benzene rings is 1. The molecule has 0 spiro atoms. The van der Waals surface area contributed by atoms with Crippen LogP contribution in [0.5, 0.6) is 0 Å². The molecular formula is C20H24F6O2. The minimum atomic E-state index is -5.96. The molecule has 0 atom stereocenters. The van der Waals surface area contributed by atoms with Gasteiger partial charge in [0.05, 0.1) is 5.60 Å². The van der Waals surface area contributed by atoms with Crippen molar-refractivity contribution >= 4 is 5.57 Å². The summed E-state index contributed by atoms with van der Waals surface area (Å²) in [7, 11) is 0. The molecule has 1 N–H and O–H groups in total. The van der Waals surface area contributed by atoms with Gasteiger partial charge in [-0.1, -0.05) is 43.2 Å². The first-order chi connectivity index (χ1) is 12.6. The van der Waals surface area contributed by atoms with Gasteiger partial charge in [-0.25, -0.2) is 0 Å². The minimum absolute atomic E-state index is 0.252. The zero-order valence-corrected chi connectivity index (χ0v) is 16.0. The first kappa shape index (κ1) is 22.7. The topological polar surface area (TPSA) is 29.5 Å². The Bertz CT molecular complexity index is 713. The van der Waals surface area contributed by atoms with Gasteiger partial charge in [0.1, 0.15) is 5.60 Å². The number of halogens is 6. The molecule has 0 unspecified atom stereocenters. The average Bonchev–Trinajstić information content (AvgIpc) is 3.01. The lowest BCUT2D eigenvalue weighted by Gasteiger charge is -2.48. The van der Waals surface area contributed by atoms with Gasteiger partial charge in [0.25, 0.3) is 5.60 Å². The van der Waals surface area contributed by atoms with E-state index in [-0.39, 0.29) is 12.8 Å². The summed E-state index contributed by atoms with van der Waals surface area (Å²) < 4.78 is 86.0. The quantitative estimate of drug-likeness (QED) is 0.591. The van der Waals surface area contributed by atoms with Crippen LogP contribution in [0.25, 0.3) is 5.57 Å². The van der Waals surface area contributed by atoms with Crippen molar-refractivity contribution in [3.63, 3.8) is 0 Å². The first-order valence-corrected chi connectivity index (χ1v) is 8.90. The van der Waals surface area contributed by atoms with Gasteiger partial charge >= 0.3 is 12.4 Å². The Morgan fingerprint density at radius 1 is 1.04 bits per heavy atom. The van der Waals surface area contributed by atoms with E-state index in [0.717, 1.165) is 0 Å². The predicted molar refractivity (Wildman–Crippen MR) is 93.5 cm³/mol. The van der Waals surface area contributed by atoms with Crippen LogP contribution in [0, 0.1) is 0 Å². The Labute approximate surface area is 160 Å². The Morgan fingerprint density at radius 3 is 1.96 bits per heavy atom. The third kappa shape index (κ3) is 3.68. The zero-order valence-electron chi connectivity index (χ0n) is 16.0. The summed E-state index contributed by atoms with van der Waals surface area (Å²) in [4.78, 5) is 0. The molecule has 1 aromatic rings. The molecule has 0 amide bonds. The van der Waals surface area contributed by atoms with Crippen LogP contribution in [0.1, 0.15) is 57.6 Å². The lowest BCUT2D eigenvalue weighted by Crippen LogP contribution is -2.70. The maximum Gasteiger partial charge on any atom is 0.429 e. The minimum Gasteiger partial charge on any atom is -0.371 e. The van der Waals surface area contributed by atoms with Crippen LogP contribution >= 0.6 is 0 Å². The summed E-state index contributed by atoms with van der Waals surface area (Å²) in [6.45, 7) is 6.83. The van der Waals surface area contributed by atoms with Gasteiger partial charge in [-0.15, -0.1) is 0 Å². The first-order valence-electron chi connectivity index (χ1n) is 8.90. The van der Waals surface area contributed by atoms with Crippen LogP contribution in [0.4, 0.5) is 26.3 Å². The smallest absolute Gasteiger partial charge is 0.371 e. The van der Waals surface area contributed by atoms with E-state index < -0.39 is 29.2 Å². The molecule has 0 heterocycles. The SMILES string of the molecule is C=C(C)c1cccc(C2(OC(C)(C)C(O)(C(F)(F)F)C(F)(F)F)CCCC2)c1. The van der Waals surface area contributed by atoms with Crippen LogP contribution in [-0.4, -0.2) is 28.7 Å². The molecule has 1 aliphatic carbocycles. The van der Waals surface area contributed by atoms with Crippen molar-refractivity contribution in [2.75, 3.05) is 0 Å². The van der Waals surface area contributed by atoms with Crippen molar-refractivity contribution in [2.24, 2.45) is 0 Å². The van der Waals surface area contributed by atoms with Gasteiger partial charge in [0.2, 0.25) is 0 Å². The molecule has 28 heavy (non-hydrogen) atoms. The van der Waals surface area contributed by atoms with Crippen molar-refractivity contribution < 1.29 is 36.2 Å². The number of hydrogen-bond acceptors (Lipinski definition) is 2. The molecule has 1 fully saturated rings. The number of rotatable bonds is 5. The normalized spacial score (nSPS) is 18.4. The fourth-order valence-corrected chi connectivity index (χ4v) is 3.87. The zero-order chi connectivity index (χ0) is 21.6. The number of aliphatic hydroxyl groups is 1. The van der Waals surface area contributed by atoms with Gasteiger partial charge in [-0.3, -0.25) is 0 Å². The highest BCUT2D eigenvalue weighted by atomic mass is 19.4. The lowest BCUT2D eigenvalue weighted by atomic mass is 9.81. The largest absolute Gasteiger partial charge is 0.429 e. The highest BCUT2D eigenvalue weighted by molar-refractivity contribution is 5.62. The van der Waals surface area contributed by atoms with Gasteiger partial charge in [0.15, 0.2) is 0 Å². The van der Waals surface area contributed by atoms with E-state index in [4.69, 9.17) is 4.74 Å². The van der Waals surface area contributed by atoms with E-state index in [0.29, 0.717) is 43.4 Å². The van der Waals surface area contributed by atoms with Crippen molar-refractivity contribution in [1.82, 2.24) is 0 Å². The predicted octanol–water partition coefficient (Wildman–Crippen LogP) is 6.14. The molecule has 0 aliphatic heterocycles. The molecule has 0 bridgehead atoms. The second-order valence-corrected chi connectivity index (χ2v) is 7.88. The third-order valence-electron chi connectivity index (χ3n) is 5.44. The van der Waals surface area contributed by atoms with E-state index in [2.05, 4.69) is 6.58 Å². The van der Waals surface area contributed by atoms with Crippen molar-refractivity contribution in [3.8, 4) is 0 Å². The van der Waals surface area contributed by atoms with Crippen LogP contribution in [-0.2, 0) is 10.3 Å². The van der Waals surface area contributed by atoms with Crippen molar-refractivity contribution in [3.05, 3.63) is 42.0 Å². The monoisotopic (exact) mass is 410 g/mol. The molecular weight excluding hydrogens is 386 g/mol. The lowest BCUT2D eigenvalue weighted by molar-refractivity contribution is -0.421. The summed E-state index contributed by atoms with van der Waals surface area (Å²) in [6.07, 6.45) is -10.3. The molecule has 2 rings (SSSR count). The summed E-state index contributed by atoms with van der Waals surface area (Å²) >= 11 is 0. The third-order valence-corrected chi connectivity index (χ3v) is 5.44. The Morgan fingerprint density at radius 2 is 1.54 bits per heavy atom. The highest BCUT2D eigenvalue weighted by Crippen LogP contribution is 2.54. The fraction of sp³-hybridized carbons (Fsp3) is 0.600. The van der Waals surface area contributed by atoms with Crippen molar-refractivity contribution in [2.45, 2.75) is 75.6 Å². The second-order valence-electron chi connectivity index (χ2n) is 7.88. The molecule has 0 aromatic heterocycles. The molecule has 2 nitrogen and oxygen atoms in total. The van der Waals surface area contributed by atoms with E-state index in [1.807, 2.05) is 0 Å². The van der Waals surface area contributed by atoms with E-state index >= 15 is 0 Å². The maximum atomic E-state index is 13.4. The summed E-state index contributed by atoms with van der Waals surface area (Å²) in [6, 6.07) is 6.70. The molecule has 8 heteroatoms. The Kier molecular flexibility index (Phi) is 5.73. The number of alkyl halides is 6. The van der Waals surface area contributed by atoms with Crippen LogP contribution in [0.2, 0.25) is 0 Å². The Hall–Kier alpha value is -1.54. The maximum absolute atomic E-state index is 13.4. The van der Waals surface area contributed by atoms with E-state index in [1.54, 1.807) is 31.2 Å². The van der Waals surface area contributed by atoms with E-state index in [1.165, 1.54) is 0 Å². The van der Waals surface area contributed by atoms with Gasteiger partial charge in [-0.2, -0.15) is 26.3 Å². The highest BCUT2D eigenvalue weighted by Gasteiger charge is 2.78. The molecule has 0 saturated heterocycles. The van der Waals surface area contributed by atoms with Gasteiger partial charge in [-0.05, 0) is 50.8 Å². The molecule has 0 radical (unpaired) electrons. The average molecular weight is 410 g/mol. The summed E-state index contributed by atoms with van der Waals surface area (Å²) in [5.74, 6) is 0. The number of ether oxygens (including phenoxy) is 1. The molecule has 158 valence electrons. The van der Waals surface area contributed by atoms with E-state index in [9.17, 15) is 31.4 Å². The van der Waals surface area contributed by atoms with Crippen molar-refractivity contribution in [1.29, 1.82) is 0 Å². The molecule has 1 aliphatic rings. The molecule has 1 saturated carbocycles. The number of allylic oxidation sites excluding steroid dienone is 1. The van der Waals surface area contributed by atoms with Gasteiger partial charge < -0.3 is 9.84 Å². The summed E-state index contributed by atoms with van der Waals surface area (Å²) in [5.41, 5.74) is -7.46. The van der Waals surface area contributed by atoms with Crippen LogP contribution < -0.4 is 0 Å². The molecule has 1 aromatic carbocycles. The van der Waals surface area contributed by atoms with Crippen LogP contribution in [0.3, 0.4) is 0 Å². The Balaban J connectivity index is 2.56. The van der Waals surface area contributed by atoms with Crippen LogP contribution in [0.15, 0.2) is 30.8 Å². The summed E-state index contributed by atoms with van der Waals surface area (Å²) in [5, 5.41) is 9.89. The fourth-order valence-electron chi connectivity index (χ4n) is 3.87. The second kappa shape index (κ2) is 7.06. The van der Waals surface area contributed by atoms with Gasteiger partial charge in [0, 0.05) is 0 Å². The standard InChI is InChI=1S/C20H24F6O2/c1-13(2)14-8-7-9-15(12-14)17(10-5-6-11-17)28-16(3,4)18(27,19(21,22)23)20(24,25)26/h7-9,12,27H,1,5-6,10-11H2,2-4H3.